The number of halogens is 2. The fraction of sp³-hybridized carbons (Fsp3) is 0.115. The normalized spacial score (nSPS) is 14.2. The van der Waals surface area contributed by atoms with Gasteiger partial charge < -0.3 is 14.2 Å². The summed E-state index contributed by atoms with van der Waals surface area (Å²) < 4.78 is 17.5. The van der Waals surface area contributed by atoms with Gasteiger partial charge in [0.15, 0.2) is 15.8 Å². The highest BCUT2D eigenvalue weighted by molar-refractivity contribution is 9.10. The van der Waals surface area contributed by atoms with Gasteiger partial charge in [-0.2, -0.15) is 5.01 Å². The van der Waals surface area contributed by atoms with E-state index in [1.807, 2.05) is 18.2 Å². The third kappa shape index (κ3) is 6.45. The molecule has 190 valence electrons. The number of hydrazine groups is 1. The van der Waals surface area contributed by atoms with Gasteiger partial charge in [0, 0.05) is 10.6 Å². The van der Waals surface area contributed by atoms with Gasteiger partial charge in [0.2, 0.25) is 0 Å². The lowest BCUT2D eigenvalue weighted by atomic mass is 10.1. The number of methoxy groups -OCH3 is 2. The van der Waals surface area contributed by atoms with Crippen LogP contribution in [0.4, 0.5) is 0 Å². The van der Waals surface area contributed by atoms with Gasteiger partial charge in [0.1, 0.15) is 12.4 Å². The van der Waals surface area contributed by atoms with E-state index in [4.69, 9.17) is 38.0 Å². The van der Waals surface area contributed by atoms with Crippen molar-refractivity contribution in [3.63, 3.8) is 0 Å². The minimum absolute atomic E-state index is 0.215. The van der Waals surface area contributed by atoms with Gasteiger partial charge in [0.25, 0.3) is 11.8 Å². The second-order valence-electron chi connectivity index (χ2n) is 7.64. The highest BCUT2D eigenvalue weighted by Gasteiger charge is 2.34. The number of thiocarbonyl (C=S) groups is 1. The van der Waals surface area contributed by atoms with Gasteiger partial charge in [-0.25, -0.2) is 0 Å². The predicted molar refractivity (Wildman–Crippen MR) is 152 cm³/mol. The topological polar surface area (TPSA) is 77.1 Å². The van der Waals surface area contributed by atoms with E-state index in [-0.39, 0.29) is 4.32 Å². The van der Waals surface area contributed by atoms with Crippen LogP contribution in [0.25, 0.3) is 6.08 Å². The molecule has 2 amide bonds. The van der Waals surface area contributed by atoms with Crippen LogP contribution in [-0.4, -0.2) is 35.4 Å². The first kappa shape index (κ1) is 27.0. The molecule has 4 rings (SSSR count). The Balaban J connectivity index is 1.49. The zero-order valence-electron chi connectivity index (χ0n) is 19.6. The number of hydrogen-bond donors (Lipinski definition) is 1. The lowest BCUT2D eigenvalue weighted by Gasteiger charge is -2.15. The average Bonchev–Trinajstić information content (AvgIpc) is 3.15. The van der Waals surface area contributed by atoms with Crippen LogP contribution in [0.1, 0.15) is 21.5 Å². The van der Waals surface area contributed by atoms with Crippen molar-refractivity contribution in [1.29, 1.82) is 0 Å². The Morgan fingerprint density at radius 1 is 1.11 bits per heavy atom. The highest BCUT2D eigenvalue weighted by atomic mass is 79.9. The summed E-state index contributed by atoms with van der Waals surface area (Å²) in [6.45, 7) is 0.317. The molecule has 0 radical (unpaired) electrons. The molecule has 7 nitrogen and oxygen atoms in total. The Morgan fingerprint density at radius 2 is 1.81 bits per heavy atom. The van der Waals surface area contributed by atoms with E-state index in [9.17, 15) is 9.59 Å². The summed E-state index contributed by atoms with van der Waals surface area (Å²) in [5.41, 5.74) is 4.56. The third-order valence-electron chi connectivity index (χ3n) is 5.21. The predicted octanol–water partition coefficient (Wildman–Crippen LogP) is 6.24. The lowest BCUT2D eigenvalue weighted by Crippen LogP contribution is -2.44. The van der Waals surface area contributed by atoms with Crippen molar-refractivity contribution in [3.05, 3.63) is 91.8 Å². The molecule has 0 saturated carbocycles. The van der Waals surface area contributed by atoms with Gasteiger partial charge >= 0.3 is 0 Å². The third-order valence-corrected chi connectivity index (χ3v) is 7.35. The van der Waals surface area contributed by atoms with Crippen LogP contribution < -0.4 is 19.6 Å². The lowest BCUT2D eigenvalue weighted by molar-refractivity contribution is -0.123. The Labute approximate surface area is 236 Å². The minimum Gasteiger partial charge on any atom is -0.497 e. The number of nitrogens with zero attached hydrogens (tertiary/aromatic N) is 1. The van der Waals surface area contributed by atoms with Crippen molar-refractivity contribution < 1.29 is 23.8 Å². The molecule has 1 saturated heterocycles. The summed E-state index contributed by atoms with van der Waals surface area (Å²) in [5.74, 6) is 0.724. The minimum atomic E-state index is -0.466. The molecule has 0 aliphatic carbocycles. The van der Waals surface area contributed by atoms with E-state index in [1.54, 1.807) is 48.5 Å². The zero-order chi connectivity index (χ0) is 26.5. The molecule has 3 aromatic carbocycles. The van der Waals surface area contributed by atoms with Crippen LogP contribution in [-0.2, 0) is 11.4 Å². The Kier molecular flexibility index (Phi) is 8.75. The number of carbonyl (C=O) groups is 2. The fourth-order valence-electron chi connectivity index (χ4n) is 3.32. The van der Waals surface area contributed by atoms with Crippen LogP contribution >= 0.6 is 51.5 Å². The molecule has 37 heavy (non-hydrogen) atoms. The molecule has 3 aromatic rings. The maximum atomic E-state index is 13.0. The van der Waals surface area contributed by atoms with E-state index >= 15 is 0 Å². The Morgan fingerprint density at radius 3 is 2.46 bits per heavy atom. The zero-order valence-corrected chi connectivity index (χ0v) is 23.6. The van der Waals surface area contributed by atoms with Crippen LogP contribution in [0.15, 0.2) is 70.0 Å². The summed E-state index contributed by atoms with van der Waals surface area (Å²) >= 11 is 15.9. The molecule has 11 heteroatoms. The largest absolute Gasteiger partial charge is 0.497 e. The summed E-state index contributed by atoms with van der Waals surface area (Å²) in [6, 6.07) is 17.4. The second kappa shape index (κ2) is 12.0. The summed E-state index contributed by atoms with van der Waals surface area (Å²) in [6.07, 6.45) is 1.68. The van der Waals surface area contributed by atoms with Crippen molar-refractivity contribution in [2.24, 2.45) is 0 Å². The van der Waals surface area contributed by atoms with E-state index in [1.165, 1.54) is 14.2 Å². The number of nitrogens with one attached hydrogen (secondary N) is 1. The molecular formula is C26H20BrClN2O5S2. The van der Waals surface area contributed by atoms with E-state index < -0.39 is 11.8 Å². The van der Waals surface area contributed by atoms with Crippen LogP contribution in [0.5, 0.6) is 17.2 Å². The molecule has 1 fully saturated rings. The van der Waals surface area contributed by atoms with Crippen LogP contribution in [0, 0.1) is 0 Å². The van der Waals surface area contributed by atoms with Gasteiger partial charge in [-0.15, -0.1) is 0 Å². The number of carbonyl (C=O) groups excluding carboxylic acids is 2. The summed E-state index contributed by atoms with van der Waals surface area (Å²) in [7, 11) is 3.08. The summed E-state index contributed by atoms with van der Waals surface area (Å²) in [4.78, 5) is 26.0. The maximum absolute atomic E-state index is 13.0. The number of thioether (sulfide) groups is 1. The standard InChI is InChI=1S/C26H20BrClN2O5S2/c1-33-19-9-5-17(6-10-19)24(31)29-30-25(32)22(37-26(30)36)13-16-11-20(27)23(21(12-16)34-2)35-14-15-3-7-18(28)8-4-15/h3-13H,14H2,1-2H3,(H,29,31)/b22-13+. The van der Waals surface area contributed by atoms with Crippen molar-refractivity contribution in [1.82, 2.24) is 10.4 Å². The molecule has 0 bridgehead atoms. The van der Waals surface area contributed by atoms with E-state index in [0.717, 1.165) is 22.3 Å². The van der Waals surface area contributed by atoms with E-state index in [2.05, 4.69) is 21.4 Å². The molecule has 0 spiro atoms. The van der Waals surface area contributed by atoms with Crippen molar-refractivity contribution in [3.8, 4) is 17.2 Å². The van der Waals surface area contributed by atoms with Crippen molar-refractivity contribution in [2.75, 3.05) is 14.2 Å². The average molecular weight is 620 g/mol. The van der Waals surface area contributed by atoms with Crippen LogP contribution in [0.2, 0.25) is 5.02 Å². The number of rotatable bonds is 8. The van der Waals surface area contributed by atoms with Crippen molar-refractivity contribution in [2.45, 2.75) is 6.61 Å². The number of ether oxygens (including phenoxy) is 3. The van der Waals surface area contributed by atoms with Gasteiger partial charge in [-0.05, 0) is 93.9 Å². The molecule has 0 aromatic heterocycles. The molecule has 1 aliphatic rings. The van der Waals surface area contributed by atoms with Crippen molar-refractivity contribution >= 4 is 73.7 Å². The Hall–Kier alpha value is -3.05. The number of amides is 2. The second-order valence-corrected chi connectivity index (χ2v) is 10.6. The highest BCUT2D eigenvalue weighted by Crippen LogP contribution is 2.39. The molecule has 1 N–H and O–H groups in total. The monoisotopic (exact) mass is 618 g/mol. The molecule has 1 aliphatic heterocycles. The van der Waals surface area contributed by atoms with Crippen LogP contribution in [0.3, 0.4) is 0 Å². The molecule has 1 heterocycles. The maximum Gasteiger partial charge on any atom is 0.285 e. The number of benzene rings is 3. The molecule has 0 atom stereocenters. The van der Waals surface area contributed by atoms with Gasteiger partial charge in [-0.1, -0.05) is 35.5 Å². The first-order valence-corrected chi connectivity index (χ1v) is 13.2. The van der Waals surface area contributed by atoms with E-state index in [0.29, 0.717) is 49.4 Å². The SMILES string of the molecule is COc1ccc(C(=O)NN2C(=O)/C(=C\c3cc(Br)c(OCc4ccc(Cl)cc4)c(OC)c3)SC2=S)cc1. The Bertz CT molecular complexity index is 1380. The molecule has 0 unspecified atom stereocenters. The molecular weight excluding hydrogens is 600 g/mol. The first-order chi connectivity index (χ1) is 17.8. The number of hydrogen-bond acceptors (Lipinski definition) is 7. The van der Waals surface area contributed by atoms with Gasteiger partial charge in [0.05, 0.1) is 23.6 Å². The van der Waals surface area contributed by atoms with Gasteiger partial charge in [-0.3, -0.25) is 15.0 Å². The first-order valence-electron chi connectivity index (χ1n) is 10.8. The quantitative estimate of drug-likeness (QED) is 0.236. The fourth-order valence-corrected chi connectivity index (χ4v) is 5.20. The smallest absolute Gasteiger partial charge is 0.285 e. The summed E-state index contributed by atoms with van der Waals surface area (Å²) in [5, 5.41) is 1.71.